The molecule has 2 aromatic rings. The van der Waals surface area contributed by atoms with E-state index in [9.17, 15) is 0 Å². The van der Waals surface area contributed by atoms with Gasteiger partial charge in [-0.15, -0.1) is 0 Å². The molecule has 22 heavy (non-hydrogen) atoms. The summed E-state index contributed by atoms with van der Waals surface area (Å²) in [6.45, 7) is 2.12. The first-order valence-corrected chi connectivity index (χ1v) is 8.49. The molecule has 1 aromatic heterocycles. The molecular formula is C20H22ClN. The zero-order valence-corrected chi connectivity index (χ0v) is 13.8. The monoisotopic (exact) mass is 311 g/mol. The normalized spacial score (nSPS) is 22.1. The zero-order valence-electron chi connectivity index (χ0n) is 13.0. The van der Waals surface area contributed by atoms with E-state index in [1.165, 1.54) is 31.2 Å². The van der Waals surface area contributed by atoms with Crippen molar-refractivity contribution >= 4 is 11.6 Å². The minimum atomic E-state index is 0.674. The smallest absolute Gasteiger partial charge is 0.0702 e. The quantitative estimate of drug-likeness (QED) is 0.610. The minimum Gasteiger partial charge on any atom is -0.256 e. The number of hydrogen-bond acceptors (Lipinski definition) is 1. The van der Waals surface area contributed by atoms with Gasteiger partial charge >= 0.3 is 0 Å². The number of halogens is 1. The molecule has 1 aliphatic carbocycles. The van der Waals surface area contributed by atoms with Crippen molar-refractivity contribution in [1.82, 2.24) is 4.98 Å². The summed E-state index contributed by atoms with van der Waals surface area (Å²) < 4.78 is 0. The average Bonchev–Trinajstić information content (AvgIpc) is 2.57. The van der Waals surface area contributed by atoms with Crippen LogP contribution in [-0.4, -0.2) is 4.98 Å². The molecule has 2 heteroatoms. The Kier molecular flexibility index (Phi) is 4.94. The maximum atomic E-state index is 5.93. The van der Waals surface area contributed by atoms with Gasteiger partial charge in [0.2, 0.25) is 0 Å². The number of pyridine rings is 1. The standard InChI is InChI=1S/C20H22ClN/c1-2-3-15-4-6-16(7-5-15)18-10-13-20(22-14-18)17-8-11-19(21)12-9-17/h2-3,8-16H,4-7H2,1H3/b3-2+. The zero-order chi connectivity index (χ0) is 15.4. The number of hydrogen-bond donors (Lipinski definition) is 0. The summed E-state index contributed by atoms with van der Waals surface area (Å²) in [6.07, 6.45) is 11.8. The Bertz CT molecular complexity index is 620. The molecule has 114 valence electrons. The molecule has 3 rings (SSSR count). The molecule has 1 nitrogen and oxygen atoms in total. The fourth-order valence-electron chi connectivity index (χ4n) is 3.36. The highest BCUT2D eigenvalue weighted by molar-refractivity contribution is 6.30. The molecule has 1 fully saturated rings. The van der Waals surface area contributed by atoms with Crippen molar-refractivity contribution in [2.45, 2.75) is 38.5 Å². The lowest BCUT2D eigenvalue weighted by molar-refractivity contribution is 0.375. The number of allylic oxidation sites excluding steroid dienone is 2. The molecule has 0 radical (unpaired) electrons. The van der Waals surface area contributed by atoms with E-state index in [1.807, 2.05) is 24.3 Å². The number of aromatic nitrogens is 1. The van der Waals surface area contributed by atoms with Gasteiger partial charge in [0.15, 0.2) is 0 Å². The lowest BCUT2D eigenvalue weighted by Gasteiger charge is -2.26. The number of nitrogens with zero attached hydrogens (tertiary/aromatic N) is 1. The molecule has 1 heterocycles. The van der Waals surface area contributed by atoms with E-state index in [4.69, 9.17) is 11.6 Å². The fraction of sp³-hybridized carbons (Fsp3) is 0.350. The van der Waals surface area contributed by atoms with Crippen molar-refractivity contribution in [2.24, 2.45) is 5.92 Å². The summed E-state index contributed by atoms with van der Waals surface area (Å²) in [7, 11) is 0. The average molecular weight is 312 g/mol. The third-order valence-electron chi connectivity index (χ3n) is 4.63. The van der Waals surface area contributed by atoms with Crippen LogP contribution in [-0.2, 0) is 0 Å². The van der Waals surface area contributed by atoms with Crippen LogP contribution in [0.25, 0.3) is 11.3 Å². The molecule has 0 bridgehead atoms. The van der Waals surface area contributed by atoms with Crippen LogP contribution < -0.4 is 0 Å². The topological polar surface area (TPSA) is 12.9 Å². The minimum absolute atomic E-state index is 0.674. The van der Waals surface area contributed by atoms with Crippen LogP contribution in [0.2, 0.25) is 5.02 Å². The third kappa shape index (κ3) is 3.59. The van der Waals surface area contributed by atoms with Crippen LogP contribution in [0.5, 0.6) is 0 Å². The van der Waals surface area contributed by atoms with E-state index in [1.54, 1.807) is 0 Å². The predicted molar refractivity (Wildman–Crippen MR) is 94.2 cm³/mol. The predicted octanol–water partition coefficient (Wildman–Crippen LogP) is 6.25. The van der Waals surface area contributed by atoms with Gasteiger partial charge in [-0.1, -0.05) is 42.0 Å². The van der Waals surface area contributed by atoms with E-state index in [-0.39, 0.29) is 0 Å². The molecule has 1 aromatic carbocycles. The molecule has 0 aliphatic heterocycles. The van der Waals surface area contributed by atoms with Crippen molar-refractivity contribution in [3.05, 3.63) is 65.3 Å². The van der Waals surface area contributed by atoms with E-state index in [0.29, 0.717) is 5.92 Å². The molecule has 1 saturated carbocycles. The summed E-state index contributed by atoms with van der Waals surface area (Å²) in [5.74, 6) is 1.45. The Morgan fingerprint density at radius 1 is 1.00 bits per heavy atom. The summed E-state index contributed by atoms with van der Waals surface area (Å²) in [4.78, 5) is 4.65. The van der Waals surface area contributed by atoms with Crippen molar-refractivity contribution in [1.29, 1.82) is 0 Å². The van der Waals surface area contributed by atoms with Crippen LogP contribution >= 0.6 is 11.6 Å². The molecule has 0 atom stereocenters. The summed E-state index contributed by atoms with van der Waals surface area (Å²) in [6, 6.07) is 12.2. The lowest BCUT2D eigenvalue weighted by Crippen LogP contribution is -2.11. The highest BCUT2D eigenvalue weighted by atomic mass is 35.5. The highest BCUT2D eigenvalue weighted by Gasteiger charge is 2.20. The van der Waals surface area contributed by atoms with Gasteiger partial charge in [0, 0.05) is 16.8 Å². The van der Waals surface area contributed by atoms with E-state index >= 15 is 0 Å². The first kappa shape index (κ1) is 15.3. The van der Waals surface area contributed by atoms with Crippen LogP contribution in [0.3, 0.4) is 0 Å². The number of benzene rings is 1. The van der Waals surface area contributed by atoms with Gasteiger partial charge in [-0.05, 0) is 68.2 Å². The molecule has 0 spiro atoms. The second kappa shape index (κ2) is 7.11. The molecular weight excluding hydrogens is 290 g/mol. The van der Waals surface area contributed by atoms with Crippen LogP contribution in [0.15, 0.2) is 54.7 Å². The van der Waals surface area contributed by atoms with E-state index in [0.717, 1.165) is 22.2 Å². The first-order chi connectivity index (χ1) is 10.8. The SMILES string of the molecule is C/C=C/C1CCC(c2ccc(-c3ccc(Cl)cc3)nc2)CC1. The Morgan fingerprint density at radius 3 is 2.32 bits per heavy atom. The third-order valence-corrected chi connectivity index (χ3v) is 4.89. The van der Waals surface area contributed by atoms with E-state index in [2.05, 4.69) is 42.4 Å². The molecule has 1 aliphatic rings. The van der Waals surface area contributed by atoms with Crippen LogP contribution in [0, 0.1) is 5.92 Å². The maximum Gasteiger partial charge on any atom is 0.0702 e. The van der Waals surface area contributed by atoms with Gasteiger partial charge < -0.3 is 0 Å². The van der Waals surface area contributed by atoms with Gasteiger partial charge in [0.05, 0.1) is 5.69 Å². The first-order valence-electron chi connectivity index (χ1n) is 8.11. The van der Waals surface area contributed by atoms with Crippen LogP contribution in [0.4, 0.5) is 0 Å². The van der Waals surface area contributed by atoms with E-state index < -0.39 is 0 Å². The van der Waals surface area contributed by atoms with Crippen molar-refractivity contribution in [3.63, 3.8) is 0 Å². The van der Waals surface area contributed by atoms with Crippen molar-refractivity contribution in [2.75, 3.05) is 0 Å². The Labute approximate surface area is 138 Å². The fourth-order valence-corrected chi connectivity index (χ4v) is 3.48. The van der Waals surface area contributed by atoms with Gasteiger partial charge in [-0.2, -0.15) is 0 Å². The van der Waals surface area contributed by atoms with Gasteiger partial charge in [-0.3, -0.25) is 4.98 Å². The Morgan fingerprint density at radius 2 is 1.73 bits per heavy atom. The number of rotatable bonds is 3. The maximum absolute atomic E-state index is 5.93. The second-order valence-corrected chi connectivity index (χ2v) is 6.56. The molecule has 0 amide bonds. The summed E-state index contributed by atoms with van der Waals surface area (Å²) >= 11 is 5.93. The summed E-state index contributed by atoms with van der Waals surface area (Å²) in [5, 5.41) is 0.762. The van der Waals surface area contributed by atoms with Gasteiger partial charge in [-0.25, -0.2) is 0 Å². The van der Waals surface area contributed by atoms with Gasteiger partial charge in [0.25, 0.3) is 0 Å². The second-order valence-electron chi connectivity index (χ2n) is 6.12. The van der Waals surface area contributed by atoms with Gasteiger partial charge in [0.1, 0.15) is 0 Å². The van der Waals surface area contributed by atoms with Crippen molar-refractivity contribution < 1.29 is 0 Å². The lowest BCUT2D eigenvalue weighted by atomic mass is 9.79. The highest BCUT2D eigenvalue weighted by Crippen LogP contribution is 2.36. The largest absolute Gasteiger partial charge is 0.256 e. The Balaban J connectivity index is 1.68. The molecule has 0 saturated heterocycles. The molecule has 0 unspecified atom stereocenters. The molecule has 0 N–H and O–H groups in total. The summed E-state index contributed by atoms with van der Waals surface area (Å²) in [5.41, 5.74) is 3.52. The Hall–Kier alpha value is -1.60. The van der Waals surface area contributed by atoms with Crippen molar-refractivity contribution in [3.8, 4) is 11.3 Å². The van der Waals surface area contributed by atoms with Crippen LogP contribution in [0.1, 0.15) is 44.1 Å².